The number of carbonyl (C=O) groups is 1. The van der Waals surface area contributed by atoms with Crippen molar-refractivity contribution >= 4 is 17.1 Å². The zero-order chi connectivity index (χ0) is 12.0. The molecule has 84 valence electrons. The molecule has 2 heterocycles. The van der Waals surface area contributed by atoms with Crippen LogP contribution in [0.2, 0.25) is 0 Å². The van der Waals surface area contributed by atoms with E-state index in [4.69, 9.17) is 0 Å². The van der Waals surface area contributed by atoms with Gasteiger partial charge in [-0.25, -0.2) is 4.79 Å². The SMILES string of the molecule is CC(=O)n1nnc2c1c(=O)n(C)c(=O)n2C. The van der Waals surface area contributed by atoms with Crippen molar-refractivity contribution in [2.75, 3.05) is 0 Å². The topological polar surface area (TPSA) is 91.8 Å². The van der Waals surface area contributed by atoms with Crippen LogP contribution < -0.4 is 11.2 Å². The minimum Gasteiger partial charge on any atom is -0.278 e. The molecule has 0 saturated heterocycles. The molecule has 0 saturated carbocycles. The highest BCUT2D eigenvalue weighted by Crippen LogP contribution is 2.01. The van der Waals surface area contributed by atoms with Crippen LogP contribution in [0.25, 0.3) is 11.2 Å². The standard InChI is InChI=1S/C8H9N5O3/c1-4(14)13-5-6(9-10-13)11(2)8(16)12(3)7(5)15/h1-3H3. The molecule has 0 aliphatic heterocycles. The first kappa shape index (κ1) is 10.3. The molecular weight excluding hydrogens is 214 g/mol. The summed E-state index contributed by atoms with van der Waals surface area (Å²) in [6.07, 6.45) is 0. The van der Waals surface area contributed by atoms with E-state index in [1.54, 1.807) is 0 Å². The van der Waals surface area contributed by atoms with E-state index in [0.29, 0.717) is 0 Å². The van der Waals surface area contributed by atoms with E-state index in [9.17, 15) is 14.4 Å². The number of rotatable bonds is 0. The third-order valence-corrected chi connectivity index (χ3v) is 2.35. The first-order chi connectivity index (χ1) is 7.45. The lowest BCUT2D eigenvalue weighted by Crippen LogP contribution is -2.37. The van der Waals surface area contributed by atoms with Crippen molar-refractivity contribution in [2.45, 2.75) is 6.92 Å². The smallest absolute Gasteiger partial charge is 0.278 e. The Morgan fingerprint density at radius 1 is 1.19 bits per heavy atom. The highest BCUT2D eigenvalue weighted by atomic mass is 16.2. The third-order valence-electron chi connectivity index (χ3n) is 2.35. The number of nitrogens with zero attached hydrogens (tertiary/aromatic N) is 5. The van der Waals surface area contributed by atoms with Crippen LogP contribution in [0, 0.1) is 0 Å². The largest absolute Gasteiger partial charge is 0.332 e. The fraction of sp³-hybridized carbons (Fsp3) is 0.375. The molecule has 0 fully saturated rings. The summed E-state index contributed by atoms with van der Waals surface area (Å²) < 4.78 is 2.96. The highest BCUT2D eigenvalue weighted by Gasteiger charge is 2.17. The van der Waals surface area contributed by atoms with Gasteiger partial charge in [0.05, 0.1) is 0 Å². The van der Waals surface area contributed by atoms with Gasteiger partial charge in [0.15, 0.2) is 11.2 Å². The Hall–Kier alpha value is -2.25. The molecule has 0 aliphatic rings. The number of hydrogen-bond donors (Lipinski definition) is 0. The van der Waals surface area contributed by atoms with Gasteiger partial charge in [-0.1, -0.05) is 5.21 Å². The van der Waals surface area contributed by atoms with Gasteiger partial charge in [-0.2, -0.15) is 4.68 Å². The molecule has 0 N–H and O–H groups in total. The highest BCUT2D eigenvalue weighted by molar-refractivity contribution is 5.85. The van der Waals surface area contributed by atoms with Crippen molar-refractivity contribution in [2.24, 2.45) is 14.1 Å². The van der Waals surface area contributed by atoms with E-state index >= 15 is 0 Å². The number of fused-ring (bicyclic) bond motifs is 1. The van der Waals surface area contributed by atoms with Crippen molar-refractivity contribution in [1.29, 1.82) is 0 Å². The molecule has 2 rings (SSSR count). The summed E-state index contributed by atoms with van der Waals surface area (Å²) in [6.45, 7) is 1.26. The second-order valence-electron chi connectivity index (χ2n) is 3.40. The summed E-state index contributed by atoms with van der Waals surface area (Å²) in [5.74, 6) is -0.432. The van der Waals surface area contributed by atoms with E-state index in [1.165, 1.54) is 25.6 Å². The van der Waals surface area contributed by atoms with E-state index in [2.05, 4.69) is 10.3 Å². The molecule has 0 radical (unpaired) electrons. The van der Waals surface area contributed by atoms with Crippen molar-refractivity contribution in [1.82, 2.24) is 24.1 Å². The molecule has 0 spiro atoms. The van der Waals surface area contributed by atoms with Gasteiger partial charge in [-0.3, -0.25) is 18.7 Å². The molecule has 2 aromatic rings. The Morgan fingerprint density at radius 2 is 1.81 bits per heavy atom. The van der Waals surface area contributed by atoms with Crippen molar-refractivity contribution in [3.8, 4) is 0 Å². The maximum absolute atomic E-state index is 11.8. The summed E-state index contributed by atoms with van der Waals surface area (Å²) in [5.41, 5.74) is -0.980. The first-order valence-corrected chi connectivity index (χ1v) is 4.47. The summed E-state index contributed by atoms with van der Waals surface area (Å²) in [5, 5.41) is 7.19. The van der Waals surface area contributed by atoms with Crippen LogP contribution in [0.5, 0.6) is 0 Å². The van der Waals surface area contributed by atoms with Crippen LogP contribution in [0.15, 0.2) is 9.59 Å². The fourth-order valence-corrected chi connectivity index (χ4v) is 1.47. The molecule has 8 heteroatoms. The molecule has 0 bridgehead atoms. The summed E-state index contributed by atoms with van der Waals surface area (Å²) in [7, 11) is 2.80. The number of aromatic nitrogens is 5. The average molecular weight is 223 g/mol. The summed E-state index contributed by atoms with van der Waals surface area (Å²) in [4.78, 5) is 34.5. The van der Waals surface area contributed by atoms with Gasteiger partial charge >= 0.3 is 5.69 Å². The lowest BCUT2D eigenvalue weighted by atomic mass is 10.5. The van der Waals surface area contributed by atoms with Crippen molar-refractivity contribution < 1.29 is 4.79 Å². The van der Waals surface area contributed by atoms with Crippen LogP contribution >= 0.6 is 0 Å². The molecule has 0 aromatic carbocycles. The monoisotopic (exact) mass is 223 g/mol. The van der Waals surface area contributed by atoms with Crippen molar-refractivity contribution in [3.05, 3.63) is 20.8 Å². The van der Waals surface area contributed by atoms with E-state index in [0.717, 1.165) is 9.25 Å². The Morgan fingerprint density at radius 3 is 2.38 bits per heavy atom. The Kier molecular flexibility index (Phi) is 2.00. The summed E-state index contributed by atoms with van der Waals surface area (Å²) >= 11 is 0. The van der Waals surface area contributed by atoms with Gasteiger partial charge in [0.1, 0.15) is 0 Å². The molecule has 0 amide bonds. The maximum atomic E-state index is 11.8. The third kappa shape index (κ3) is 1.12. The molecule has 8 nitrogen and oxygen atoms in total. The van der Waals surface area contributed by atoms with E-state index in [-0.39, 0.29) is 11.2 Å². The predicted octanol–water partition coefficient (Wildman–Crippen LogP) is -1.51. The van der Waals surface area contributed by atoms with Gasteiger partial charge in [0.25, 0.3) is 5.56 Å². The zero-order valence-corrected chi connectivity index (χ0v) is 8.96. The van der Waals surface area contributed by atoms with Gasteiger partial charge in [0.2, 0.25) is 5.91 Å². The maximum Gasteiger partial charge on any atom is 0.332 e. The van der Waals surface area contributed by atoms with Gasteiger partial charge < -0.3 is 0 Å². The number of hydrogen-bond acceptors (Lipinski definition) is 5. The van der Waals surface area contributed by atoms with Crippen LogP contribution in [0.1, 0.15) is 11.7 Å². The molecule has 2 aromatic heterocycles. The Labute approximate surface area is 88.7 Å². The fourth-order valence-electron chi connectivity index (χ4n) is 1.47. The second-order valence-corrected chi connectivity index (χ2v) is 3.40. The minimum atomic E-state index is -0.585. The lowest BCUT2D eigenvalue weighted by molar-refractivity contribution is 0.0924. The van der Waals surface area contributed by atoms with Crippen LogP contribution in [-0.4, -0.2) is 30.0 Å². The van der Waals surface area contributed by atoms with Crippen LogP contribution in [-0.2, 0) is 14.1 Å². The molecular formula is C8H9N5O3. The minimum absolute atomic E-state index is 0.0112. The van der Waals surface area contributed by atoms with Gasteiger partial charge in [0, 0.05) is 21.0 Å². The number of carbonyl (C=O) groups excluding carboxylic acids is 1. The molecule has 16 heavy (non-hydrogen) atoms. The van der Waals surface area contributed by atoms with E-state index in [1.807, 2.05) is 0 Å². The van der Waals surface area contributed by atoms with Crippen LogP contribution in [0.3, 0.4) is 0 Å². The molecule has 0 atom stereocenters. The quantitative estimate of drug-likeness (QED) is 0.541. The van der Waals surface area contributed by atoms with Gasteiger partial charge in [-0.15, -0.1) is 5.10 Å². The average Bonchev–Trinajstić information content (AvgIpc) is 2.67. The molecule has 0 aliphatic carbocycles. The summed E-state index contributed by atoms with van der Waals surface area (Å²) in [6, 6.07) is 0. The molecule has 0 unspecified atom stereocenters. The second kappa shape index (κ2) is 3.12. The normalized spacial score (nSPS) is 10.9. The number of aryl methyl sites for hydroxylation is 1. The lowest BCUT2D eigenvalue weighted by Gasteiger charge is -2.02. The Bertz CT molecular complexity index is 705. The van der Waals surface area contributed by atoms with Crippen molar-refractivity contribution in [3.63, 3.8) is 0 Å². The Balaban J connectivity index is 3.13. The van der Waals surface area contributed by atoms with Crippen LogP contribution in [0.4, 0.5) is 0 Å². The van der Waals surface area contributed by atoms with E-state index < -0.39 is 17.2 Å². The first-order valence-electron chi connectivity index (χ1n) is 4.47. The zero-order valence-electron chi connectivity index (χ0n) is 8.96. The predicted molar refractivity (Wildman–Crippen MR) is 54.3 cm³/mol. The van der Waals surface area contributed by atoms with Gasteiger partial charge in [-0.05, 0) is 0 Å².